The first-order chi connectivity index (χ1) is 18.4. The maximum atomic E-state index is 2.65. The molecule has 0 aliphatic carbocycles. The second kappa shape index (κ2) is 7.94. The second-order valence-corrected chi connectivity index (χ2v) is 14.2. The fourth-order valence-corrected chi connectivity index (χ4v) is 7.25. The van der Waals surface area contributed by atoms with Crippen LogP contribution in [0.3, 0.4) is 0 Å². The summed E-state index contributed by atoms with van der Waals surface area (Å²) in [6.45, 7) is 16.5. The van der Waals surface area contributed by atoms with Gasteiger partial charge in [0.1, 0.15) is 7.05 Å². The Kier molecular flexibility index (Phi) is 4.97. The number of rotatable bonds is 2. The fourth-order valence-electron chi connectivity index (χ4n) is 7.25. The number of para-hydroxylation sites is 1. The minimum atomic E-state index is 0.149. The van der Waals surface area contributed by atoms with Crippen molar-refractivity contribution in [1.82, 2.24) is 4.40 Å². The van der Waals surface area contributed by atoms with Crippen LogP contribution in [0.5, 0.6) is 0 Å². The minimum absolute atomic E-state index is 0.149. The van der Waals surface area contributed by atoms with Crippen molar-refractivity contribution in [2.45, 2.75) is 61.3 Å². The van der Waals surface area contributed by atoms with Crippen molar-refractivity contribution in [1.29, 1.82) is 0 Å². The maximum absolute atomic E-state index is 2.65. The van der Waals surface area contributed by atoms with Crippen molar-refractivity contribution in [3.8, 4) is 0 Å². The molecular formula is C37H39N2+. The topological polar surface area (TPSA) is 8.29 Å². The van der Waals surface area contributed by atoms with Crippen molar-refractivity contribution >= 4 is 59.8 Å². The summed E-state index contributed by atoms with van der Waals surface area (Å²) in [5, 5.41) is 9.67. The van der Waals surface area contributed by atoms with Crippen LogP contribution in [0.1, 0.15) is 58.2 Å². The van der Waals surface area contributed by atoms with Crippen LogP contribution in [0.25, 0.3) is 59.8 Å². The number of benzene rings is 4. The van der Waals surface area contributed by atoms with Gasteiger partial charge in [0.15, 0.2) is 6.20 Å². The third-order valence-corrected chi connectivity index (χ3v) is 8.56. The molecule has 7 rings (SSSR count). The highest BCUT2D eigenvalue weighted by Gasteiger charge is 2.30. The molecule has 2 nitrogen and oxygen atoms in total. The van der Waals surface area contributed by atoms with Crippen LogP contribution >= 0.6 is 0 Å². The smallest absolute Gasteiger partial charge is 0.224 e. The van der Waals surface area contributed by atoms with Gasteiger partial charge in [0.05, 0.1) is 27.3 Å². The van der Waals surface area contributed by atoms with Gasteiger partial charge in [-0.1, -0.05) is 84.0 Å². The molecule has 2 heteroatoms. The summed E-state index contributed by atoms with van der Waals surface area (Å²) in [6, 6.07) is 23.0. The summed E-state index contributed by atoms with van der Waals surface area (Å²) >= 11 is 0. The van der Waals surface area contributed by atoms with Crippen molar-refractivity contribution < 1.29 is 4.57 Å². The number of hydrogen-bond acceptors (Lipinski definition) is 0. The third kappa shape index (κ3) is 3.50. The van der Waals surface area contributed by atoms with Gasteiger partial charge in [-0.05, 0) is 75.6 Å². The van der Waals surface area contributed by atoms with Crippen LogP contribution < -0.4 is 4.57 Å². The standard InChI is InChI=1S/C37H39N2/c1-22-25-13-9-10-14-26(25)28(21-37(5,6)7)33-30(22)34-32-23(17-18-38(34)8)19-24(20-36(2,3)4)31-27-15-11-12-16-29(27)39(33)35(31)32/h9-19H,20-21H2,1-8H3/q+1. The first-order valence-corrected chi connectivity index (χ1v) is 14.4. The number of aryl methyl sites for hydroxylation is 2. The molecule has 0 aliphatic rings. The van der Waals surface area contributed by atoms with Crippen LogP contribution in [-0.4, -0.2) is 4.40 Å². The molecule has 39 heavy (non-hydrogen) atoms. The maximum Gasteiger partial charge on any atom is 0.224 e. The fraction of sp³-hybridized carbons (Fsp3) is 0.324. The summed E-state index contributed by atoms with van der Waals surface area (Å²) in [5.41, 5.74) is 10.1. The van der Waals surface area contributed by atoms with E-state index in [0.29, 0.717) is 0 Å². The van der Waals surface area contributed by atoms with E-state index in [1.807, 2.05) is 0 Å². The molecule has 0 spiro atoms. The molecule has 7 aromatic rings. The molecular weight excluding hydrogens is 472 g/mol. The van der Waals surface area contributed by atoms with E-state index < -0.39 is 0 Å². The zero-order valence-electron chi connectivity index (χ0n) is 24.7. The first-order valence-electron chi connectivity index (χ1n) is 14.4. The Hall–Kier alpha value is -3.65. The quantitative estimate of drug-likeness (QED) is 0.124. The Morgan fingerprint density at radius 2 is 1.33 bits per heavy atom. The molecule has 0 saturated carbocycles. The van der Waals surface area contributed by atoms with Crippen LogP contribution in [0.4, 0.5) is 0 Å². The summed E-state index contributed by atoms with van der Waals surface area (Å²) in [7, 11) is 2.23. The summed E-state index contributed by atoms with van der Waals surface area (Å²) < 4.78 is 5.02. The average Bonchev–Trinajstić information content (AvgIpc) is 3.21. The molecule has 3 aromatic heterocycles. The molecule has 0 aliphatic heterocycles. The van der Waals surface area contributed by atoms with Crippen LogP contribution in [0, 0.1) is 17.8 Å². The Morgan fingerprint density at radius 1 is 0.692 bits per heavy atom. The van der Waals surface area contributed by atoms with Gasteiger partial charge in [-0.2, -0.15) is 0 Å². The summed E-state index contributed by atoms with van der Waals surface area (Å²) in [5.74, 6) is 0. The highest BCUT2D eigenvalue weighted by atomic mass is 15.0. The van der Waals surface area contributed by atoms with Crippen LogP contribution in [-0.2, 0) is 19.9 Å². The van der Waals surface area contributed by atoms with Gasteiger partial charge in [-0.15, -0.1) is 0 Å². The van der Waals surface area contributed by atoms with Gasteiger partial charge in [0, 0.05) is 16.8 Å². The minimum Gasteiger partial charge on any atom is -0.307 e. The molecule has 0 unspecified atom stereocenters. The molecule has 0 fully saturated rings. The molecule has 0 saturated heterocycles. The summed E-state index contributed by atoms with van der Waals surface area (Å²) in [6.07, 6.45) is 4.33. The van der Waals surface area contributed by atoms with E-state index in [0.717, 1.165) is 12.8 Å². The van der Waals surface area contributed by atoms with Gasteiger partial charge >= 0.3 is 0 Å². The molecule has 0 atom stereocenters. The molecule has 4 aromatic carbocycles. The van der Waals surface area contributed by atoms with Gasteiger partial charge in [-0.25, -0.2) is 4.57 Å². The van der Waals surface area contributed by atoms with Crippen molar-refractivity contribution in [2.24, 2.45) is 17.9 Å². The van der Waals surface area contributed by atoms with Gasteiger partial charge in [0.25, 0.3) is 0 Å². The molecule has 196 valence electrons. The van der Waals surface area contributed by atoms with Gasteiger partial charge < -0.3 is 4.40 Å². The first kappa shape index (κ1) is 24.4. The van der Waals surface area contributed by atoms with Crippen LogP contribution in [0.2, 0.25) is 0 Å². The summed E-state index contributed by atoms with van der Waals surface area (Å²) in [4.78, 5) is 0. The van der Waals surface area contributed by atoms with Crippen LogP contribution in [0.15, 0.2) is 66.9 Å². The Bertz CT molecular complexity index is 2090. The normalized spacial score (nSPS) is 13.3. The van der Waals surface area contributed by atoms with Crippen molar-refractivity contribution in [3.05, 3.63) is 83.6 Å². The largest absolute Gasteiger partial charge is 0.307 e. The monoisotopic (exact) mass is 511 g/mol. The van der Waals surface area contributed by atoms with E-state index in [1.165, 1.54) is 76.5 Å². The number of aromatic nitrogens is 2. The number of pyridine rings is 2. The third-order valence-electron chi connectivity index (χ3n) is 8.56. The number of fused-ring (bicyclic) bond motifs is 7. The number of hydrogen-bond donors (Lipinski definition) is 0. The lowest BCUT2D eigenvalue weighted by molar-refractivity contribution is -0.643. The van der Waals surface area contributed by atoms with E-state index in [4.69, 9.17) is 0 Å². The Balaban J connectivity index is 1.89. The van der Waals surface area contributed by atoms with Crippen molar-refractivity contribution in [3.63, 3.8) is 0 Å². The average molecular weight is 512 g/mol. The predicted octanol–water partition coefficient (Wildman–Crippen LogP) is 9.45. The molecule has 3 heterocycles. The lowest BCUT2D eigenvalue weighted by Gasteiger charge is -2.24. The predicted molar refractivity (Wildman–Crippen MR) is 168 cm³/mol. The van der Waals surface area contributed by atoms with E-state index in [1.54, 1.807) is 0 Å². The highest BCUT2D eigenvalue weighted by molar-refractivity contribution is 6.29. The zero-order chi connectivity index (χ0) is 27.4. The molecule has 0 amide bonds. The molecule has 0 radical (unpaired) electrons. The van der Waals surface area contributed by atoms with E-state index in [2.05, 4.69) is 131 Å². The SMILES string of the molecule is Cc1c2ccccc2c(CC(C)(C)C)c2c1c1c3c(cc[n+]1C)cc(CC(C)(C)C)c1c4ccccc4n2c13. The van der Waals surface area contributed by atoms with Crippen molar-refractivity contribution in [2.75, 3.05) is 0 Å². The Morgan fingerprint density at radius 3 is 2.03 bits per heavy atom. The second-order valence-electron chi connectivity index (χ2n) is 14.2. The molecule has 0 N–H and O–H groups in total. The van der Waals surface area contributed by atoms with Gasteiger partial charge in [0.2, 0.25) is 5.52 Å². The lowest BCUT2D eigenvalue weighted by atomic mass is 9.82. The Labute approximate surface area is 231 Å². The van der Waals surface area contributed by atoms with Gasteiger partial charge in [-0.3, -0.25) is 0 Å². The zero-order valence-corrected chi connectivity index (χ0v) is 24.7. The lowest BCUT2D eigenvalue weighted by Crippen LogP contribution is -2.29. The molecule has 0 bridgehead atoms. The van der Waals surface area contributed by atoms with E-state index >= 15 is 0 Å². The highest BCUT2D eigenvalue weighted by Crippen LogP contribution is 2.46. The number of nitrogens with zero attached hydrogens (tertiary/aromatic N) is 2. The van der Waals surface area contributed by atoms with E-state index in [-0.39, 0.29) is 10.8 Å². The van der Waals surface area contributed by atoms with E-state index in [9.17, 15) is 0 Å².